The van der Waals surface area contributed by atoms with Gasteiger partial charge in [0.05, 0.1) is 0 Å². The molecule has 1 aromatic rings. The van der Waals surface area contributed by atoms with Crippen LogP contribution in [0.2, 0.25) is 5.02 Å². The van der Waals surface area contributed by atoms with E-state index in [2.05, 4.69) is 21.9 Å². The third kappa shape index (κ3) is 5.56. The van der Waals surface area contributed by atoms with Crippen LogP contribution in [-0.2, 0) is 4.79 Å². The van der Waals surface area contributed by atoms with E-state index >= 15 is 0 Å². The molecular formula is C16H23ClN2O2. The molecule has 116 valence electrons. The quantitative estimate of drug-likeness (QED) is 0.786. The van der Waals surface area contributed by atoms with Gasteiger partial charge in [-0.3, -0.25) is 9.69 Å². The van der Waals surface area contributed by atoms with Crippen LogP contribution in [0.25, 0.3) is 0 Å². The van der Waals surface area contributed by atoms with Crippen molar-refractivity contribution in [3.8, 4) is 0 Å². The molecule has 0 saturated carbocycles. The van der Waals surface area contributed by atoms with Gasteiger partial charge in [0.15, 0.2) is 0 Å². The Bertz CT molecular complexity index is 442. The van der Waals surface area contributed by atoms with Crippen LogP contribution in [0.3, 0.4) is 0 Å². The number of carboxylic acids is 1. The molecule has 2 rings (SSSR count). The molecule has 0 bridgehead atoms. The Labute approximate surface area is 131 Å². The number of halogens is 1. The largest absolute Gasteiger partial charge is 0.481 e. The maximum Gasteiger partial charge on any atom is 0.303 e. The molecule has 0 spiro atoms. The standard InChI is InChI=1S/C16H23ClN2O2/c17-14-5-7-15(8-6-14)19-12-10-18(11-13-19)9-3-1-2-4-16(20)21/h5-8H,1-4,9-13H2,(H,20,21). The number of rotatable bonds is 7. The van der Waals surface area contributed by atoms with Gasteiger partial charge in [0.25, 0.3) is 0 Å². The number of piperazine rings is 1. The zero-order chi connectivity index (χ0) is 15.1. The van der Waals surface area contributed by atoms with Crippen molar-refractivity contribution in [3.63, 3.8) is 0 Å². The average Bonchev–Trinajstić information content (AvgIpc) is 2.48. The second-order valence-corrected chi connectivity index (χ2v) is 5.95. The normalized spacial score (nSPS) is 16.1. The van der Waals surface area contributed by atoms with Crippen LogP contribution in [0.1, 0.15) is 25.7 Å². The molecule has 0 aromatic heterocycles. The van der Waals surface area contributed by atoms with E-state index in [-0.39, 0.29) is 0 Å². The fourth-order valence-electron chi connectivity index (χ4n) is 2.67. The minimum Gasteiger partial charge on any atom is -0.481 e. The Morgan fingerprint density at radius 3 is 2.33 bits per heavy atom. The Balaban J connectivity index is 1.64. The smallest absolute Gasteiger partial charge is 0.303 e. The monoisotopic (exact) mass is 310 g/mol. The molecular weight excluding hydrogens is 288 g/mol. The van der Waals surface area contributed by atoms with Crippen LogP contribution in [0.15, 0.2) is 24.3 Å². The van der Waals surface area contributed by atoms with E-state index in [1.165, 1.54) is 5.69 Å². The van der Waals surface area contributed by atoms with Gasteiger partial charge in [0.1, 0.15) is 0 Å². The lowest BCUT2D eigenvalue weighted by Gasteiger charge is -2.36. The van der Waals surface area contributed by atoms with Crippen molar-refractivity contribution in [2.45, 2.75) is 25.7 Å². The fourth-order valence-corrected chi connectivity index (χ4v) is 2.80. The van der Waals surface area contributed by atoms with E-state index < -0.39 is 5.97 Å². The van der Waals surface area contributed by atoms with Crippen molar-refractivity contribution in [1.82, 2.24) is 4.90 Å². The average molecular weight is 311 g/mol. The molecule has 1 aliphatic heterocycles. The molecule has 0 amide bonds. The SMILES string of the molecule is O=C(O)CCCCCN1CCN(c2ccc(Cl)cc2)CC1. The maximum atomic E-state index is 10.4. The van der Waals surface area contributed by atoms with Gasteiger partial charge in [0, 0.05) is 43.3 Å². The van der Waals surface area contributed by atoms with Gasteiger partial charge < -0.3 is 10.0 Å². The zero-order valence-electron chi connectivity index (χ0n) is 12.3. The molecule has 4 nitrogen and oxygen atoms in total. The van der Waals surface area contributed by atoms with Gasteiger partial charge in [-0.25, -0.2) is 0 Å². The summed E-state index contributed by atoms with van der Waals surface area (Å²) in [7, 11) is 0. The van der Waals surface area contributed by atoms with Crippen molar-refractivity contribution < 1.29 is 9.90 Å². The Morgan fingerprint density at radius 2 is 1.71 bits per heavy atom. The number of unbranched alkanes of at least 4 members (excludes halogenated alkanes) is 2. The first-order valence-corrected chi connectivity index (χ1v) is 7.97. The minimum absolute atomic E-state index is 0.296. The third-order valence-electron chi connectivity index (χ3n) is 3.93. The van der Waals surface area contributed by atoms with Crippen molar-refractivity contribution in [3.05, 3.63) is 29.3 Å². The molecule has 1 aromatic carbocycles. The lowest BCUT2D eigenvalue weighted by atomic mass is 10.1. The van der Waals surface area contributed by atoms with Crippen LogP contribution in [0.4, 0.5) is 5.69 Å². The first-order chi connectivity index (χ1) is 10.1. The summed E-state index contributed by atoms with van der Waals surface area (Å²) in [5, 5.41) is 9.37. The summed E-state index contributed by atoms with van der Waals surface area (Å²) < 4.78 is 0. The topological polar surface area (TPSA) is 43.8 Å². The Morgan fingerprint density at radius 1 is 1.05 bits per heavy atom. The fraction of sp³-hybridized carbons (Fsp3) is 0.562. The van der Waals surface area contributed by atoms with E-state index in [9.17, 15) is 4.79 Å². The summed E-state index contributed by atoms with van der Waals surface area (Å²) in [6.07, 6.45) is 3.18. The second kappa shape index (κ2) is 8.25. The van der Waals surface area contributed by atoms with Crippen LogP contribution in [0, 0.1) is 0 Å². The predicted octanol–water partition coefficient (Wildman–Crippen LogP) is 3.11. The highest BCUT2D eigenvalue weighted by Gasteiger charge is 2.16. The lowest BCUT2D eigenvalue weighted by molar-refractivity contribution is -0.137. The van der Waals surface area contributed by atoms with E-state index in [0.717, 1.165) is 57.0 Å². The van der Waals surface area contributed by atoms with E-state index in [4.69, 9.17) is 16.7 Å². The molecule has 21 heavy (non-hydrogen) atoms. The highest BCUT2D eigenvalue weighted by Crippen LogP contribution is 2.19. The number of hydrogen-bond acceptors (Lipinski definition) is 3. The molecule has 5 heteroatoms. The Kier molecular flexibility index (Phi) is 6.33. The van der Waals surface area contributed by atoms with Crippen molar-refractivity contribution >= 4 is 23.3 Å². The van der Waals surface area contributed by atoms with Crippen LogP contribution in [0.5, 0.6) is 0 Å². The predicted molar refractivity (Wildman–Crippen MR) is 86.2 cm³/mol. The Hall–Kier alpha value is -1.26. The number of carboxylic acid groups (broad SMARTS) is 1. The molecule has 1 heterocycles. The van der Waals surface area contributed by atoms with Gasteiger partial charge in [-0.05, 0) is 43.7 Å². The number of aliphatic carboxylic acids is 1. The molecule has 0 atom stereocenters. The summed E-state index contributed by atoms with van der Waals surface area (Å²) in [4.78, 5) is 15.3. The summed E-state index contributed by atoms with van der Waals surface area (Å²) in [5.41, 5.74) is 1.24. The highest BCUT2D eigenvalue weighted by atomic mass is 35.5. The van der Waals surface area contributed by atoms with Gasteiger partial charge >= 0.3 is 5.97 Å². The number of benzene rings is 1. The highest BCUT2D eigenvalue weighted by molar-refractivity contribution is 6.30. The van der Waals surface area contributed by atoms with Crippen molar-refractivity contribution in [2.24, 2.45) is 0 Å². The van der Waals surface area contributed by atoms with Gasteiger partial charge in [-0.15, -0.1) is 0 Å². The zero-order valence-corrected chi connectivity index (χ0v) is 13.1. The molecule has 0 aliphatic carbocycles. The number of carbonyl (C=O) groups is 1. The second-order valence-electron chi connectivity index (χ2n) is 5.51. The van der Waals surface area contributed by atoms with E-state index in [1.54, 1.807) is 0 Å². The van der Waals surface area contributed by atoms with Crippen LogP contribution < -0.4 is 4.90 Å². The summed E-state index contributed by atoms with van der Waals surface area (Å²) in [5.74, 6) is -0.688. The van der Waals surface area contributed by atoms with Gasteiger partial charge in [-0.2, -0.15) is 0 Å². The number of hydrogen-bond donors (Lipinski definition) is 1. The molecule has 1 fully saturated rings. The van der Waals surface area contributed by atoms with Crippen molar-refractivity contribution in [2.75, 3.05) is 37.6 Å². The van der Waals surface area contributed by atoms with E-state index in [0.29, 0.717) is 6.42 Å². The lowest BCUT2D eigenvalue weighted by Crippen LogP contribution is -2.46. The van der Waals surface area contributed by atoms with Crippen LogP contribution >= 0.6 is 11.6 Å². The molecule has 1 aliphatic rings. The first kappa shape index (κ1) is 16.1. The first-order valence-electron chi connectivity index (χ1n) is 7.60. The molecule has 0 radical (unpaired) electrons. The molecule has 1 saturated heterocycles. The van der Waals surface area contributed by atoms with Gasteiger partial charge in [0.2, 0.25) is 0 Å². The summed E-state index contributed by atoms with van der Waals surface area (Å²) >= 11 is 5.91. The van der Waals surface area contributed by atoms with E-state index in [1.807, 2.05) is 12.1 Å². The number of anilines is 1. The number of nitrogens with zero attached hydrogens (tertiary/aromatic N) is 2. The van der Waals surface area contributed by atoms with Crippen LogP contribution in [-0.4, -0.2) is 48.7 Å². The summed E-state index contributed by atoms with van der Waals surface area (Å²) in [6.45, 7) is 5.30. The maximum absolute atomic E-state index is 10.4. The minimum atomic E-state index is -0.688. The summed E-state index contributed by atoms with van der Waals surface area (Å²) in [6, 6.07) is 8.02. The molecule has 0 unspecified atom stereocenters. The third-order valence-corrected chi connectivity index (χ3v) is 4.18. The molecule has 1 N–H and O–H groups in total. The van der Waals surface area contributed by atoms with Gasteiger partial charge in [-0.1, -0.05) is 18.0 Å². The van der Waals surface area contributed by atoms with Crippen molar-refractivity contribution in [1.29, 1.82) is 0 Å².